The minimum Gasteiger partial charge on any atom is -0.477 e. The fourth-order valence-electron chi connectivity index (χ4n) is 5.90. The molecule has 7 unspecified atom stereocenters. The van der Waals surface area contributed by atoms with Gasteiger partial charge < -0.3 is 19.5 Å². The maximum absolute atomic E-state index is 14.6. The van der Waals surface area contributed by atoms with Crippen LogP contribution in [0, 0.1) is 23.7 Å². The summed E-state index contributed by atoms with van der Waals surface area (Å²) in [4.78, 5) is 51.1. The lowest BCUT2D eigenvalue weighted by molar-refractivity contribution is -0.199. The van der Waals surface area contributed by atoms with Gasteiger partial charge in [0.25, 0.3) is 0 Å². The smallest absolute Gasteiger partial charge is 0.382 e. The minimum absolute atomic E-state index is 0.183. The molecule has 1 aliphatic heterocycles. The van der Waals surface area contributed by atoms with Gasteiger partial charge in [-0.1, -0.05) is 30.3 Å². The SMILES string of the molecule is CC(=O)OC1C2CC3C(C(=O)N(C(C)C)C31)C2C(=O)OC(c1ccccc1)C(F)(F)C(=O)O. The Bertz CT molecular complexity index is 982. The Morgan fingerprint density at radius 3 is 2.33 bits per heavy atom. The molecular formula is C23H25F2NO7. The summed E-state index contributed by atoms with van der Waals surface area (Å²) >= 11 is 0. The predicted molar refractivity (Wildman–Crippen MR) is 108 cm³/mol. The van der Waals surface area contributed by atoms with Gasteiger partial charge in [0.2, 0.25) is 12.0 Å². The number of esters is 2. The van der Waals surface area contributed by atoms with Crippen LogP contribution >= 0.6 is 0 Å². The Kier molecular flexibility index (Phi) is 5.66. The van der Waals surface area contributed by atoms with Gasteiger partial charge in [0.05, 0.1) is 17.9 Å². The van der Waals surface area contributed by atoms with Crippen LogP contribution in [0.5, 0.6) is 0 Å². The molecule has 1 heterocycles. The van der Waals surface area contributed by atoms with E-state index in [0.29, 0.717) is 6.42 Å². The summed E-state index contributed by atoms with van der Waals surface area (Å²) in [5.41, 5.74) is -0.183. The number of nitrogens with zero attached hydrogens (tertiary/aromatic N) is 1. The summed E-state index contributed by atoms with van der Waals surface area (Å²) < 4.78 is 39.8. The average molecular weight is 465 g/mol. The van der Waals surface area contributed by atoms with E-state index in [1.54, 1.807) is 11.0 Å². The van der Waals surface area contributed by atoms with Gasteiger partial charge in [-0.25, -0.2) is 4.79 Å². The number of benzene rings is 1. The summed E-state index contributed by atoms with van der Waals surface area (Å²) in [5.74, 6) is -11.5. The number of rotatable bonds is 7. The van der Waals surface area contributed by atoms with Crippen molar-refractivity contribution in [3.8, 4) is 0 Å². The van der Waals surface area contributed by atoms with E-state index in [1.165, 1.54) is 31.2 Å². The second-order valence-electron chi connectivity index (χ2n) is 9.17. The lowest BCUT2D eigenvalue weighted by Crippen LogP contribution is -2.48. The molecule has 2 bridgehead atoms. The van der Waals surface area contributed by atoms with Crippen molar-refractivity contribution in [1.82, 2.24) is 4.90 Å². The highest BCUT2D eigenvalue weighted by Gasteiger charge is 2.71. The topological polar surface area (TPSA) is 110 Å². The van der Waals surface area contributed by atoms with E-state index in [-0.39, 0.29) is 29.5 Å². The molecule has 1 aromatic carbocycles. The molecule has 1 aromatic rings. The van der Waals surface area contributed by atoms with Gasteiger partial charge in [0.15, 0.2) is 0 Å². The van der Waals surface area contributed by atoms with Crippen molar-refractivity contribution >= 4 is 23.8 Å². The quantitative estimate of drug-likeness (QED) is 0.616. The number of aliphatic carboxylic acids is 1. The number of ether oxygens (including phenoxy) is 2. The summed E-state index contributed by atoms with van der Waals surface area (Å²) in [6.45, 7) is 4.85. The fourth-order valence-corrected chi connectivity index (χ4v) is 5.90. The number of alkyl halides is 2. The van der Waals surface area contributed by atoms with Gasteiger partial charge in [0, 0.05) is 18.9 Å². The molecule has 0 radical (unpaired) electrons. The number of carboxylic acid groups (broad SMARTS) is 1. The monoisotopic (exact) mass is 465 g/mol. The number of carboxylic acids is 1. The van der Waals surface area contributed by atoms with Crippen LogP contribution in [0.1, 0.15) is 38.9 Å². The first-order chi connectivity index (χ1) is 15.5. The molecule has 178 valence electrons. The molecule has 7 atom stereocenters. The van der Waals surface area contributed by atoms with Crippen molar-refractivity contribution in [3.63, 3.8) is 0 Å². The van der Waals surface area contributed by atoms with Crippen molar-refractivity contribution in [2.45, 2.75) is 57.4 Å². The molecule has 2 aliphatic carbocycles. The predicted octanol–water partition coefficient (Wildman–Crippen LogP) is 2.42. The Morgan fingerprint density at radius 2 is 1.79 bits per heavy atom. The van der Waals surface area contributed by atoms with Crippen molar-refractivity contribution in [1.29, 1.82) is 0 Å². The summed E-state index contributed by atoms with van der Waals surface area (Å²) in [7, 11) is 0. The lowest BCUT2D eigenvalue weighted by atomic mass is 9.78. The molecule has 3 aliphatic rings. The molecule has 1 saturated heterocycles. The molecular weight excluding hydrogens is 440 g/mol. The van der Waals surface area contributed by atoms with Crippen molar-refractivity contribution in [3.05, 3.63) is 35.9 Å². The van der Waals surface area contributed by atoms with Gasteiger partial charge >= 0.3 is 23.8 Å². The molecule has 10 heteroatoms. The highest BCUT2D eigenvalue weighted by Crippen LogP contribution is 2.60. The van der Waals surface area contributed by atoms with E-state index >= 15 is 0 Å². The molecule has 0 aromatic heterocycles. The zero-order chi connectivity index (χ0) is 24.2. The minimum atomic E-state index is -4.39. The van der Waals surface area contributed by atoms with Crippen LogP contribution in [0.3, 0.4) is 0 Å². The highest BCUT2D eigenvalue weighted by atomic mass is 19.3. The van der Waals surface area contributed by atoms with Gasteiger partial charge in [0.1, 0.15) is 6.10 Å². The number of hydrogen-bond acceptors (Lipinski definition) is 6. The van der Waals surface area contributed by atoms with E-state index in [4.69, 9.17) is 14.6 Å². The zero-order valence-corrected chi connectivity index (χ0v) is 18.3. The number of carbonyl (C=O) groups excluding carboxylic acids is 3. The van der Waals surface area contributed by atoms with E-state index in [9.17, 15) is 28.0 Å². The molecule has 4 rings (SSSR count). The Balaban J connectivity index is 1.68. The molecule has 33 heavy (non-hydrogen) atoms. The third kappa shape index (κ3) is 3.55. The second kappa shape index (κ2) is 8.07. The first kappa shape index (κ1) is 23.1. The number of likely N-dealkylation sites (tertiary alicyclic amines) is 1. The van der Waals surface area contributed by atoms with Crippen LogP contribution in [0.2, 0.25) is 0 Å². The van der Waals surface area contributed by atoms with Crippen molar-refractivity contribution in [2.24, 2.45) is 23.7 Å². The molecule has 1 amide bonds. The zero-order valence-electron chi connectivity index (χ0n) is 18.3. The molecule has 3 fully saturated rings. The van der Waals surface area contributed by atoms with E-state index < -0.39 is 53.8 Å². The highest BCUT2D eigenvalue weighted by molar-refractivity contribution is 5.90. The Hall–Kier alpha value is -3.04. The number of hydrogen-bond donors (Lipinski definition) is 1. The van der Waals surface area contributed by atoms with Crippen LogP contribution in [-0.2, 0) is 28.7 Å². The van der Waals surface area contributed by atoms with E-state index in [0.717, 1.165) is 0 Å². The maximum Gasteiger partial charge on any atom is 0.382 e. The van der Waals surface area contributed by atoms with E-state index in [2.05, 4.69) is 0 Å². The largest absolute Gasteiger partial charge is 0.477 e. The Labute approximate surface area is 188 Å². The normalized spacial score (nSPS) is 31.1. The third-order valence-electron chi connectivity index (χ3n) is 6.99. The van der Waals surface area contributed by atoms with Crippen LogP contribution in [-0.4, -0.2) is 57.9 Å². The van der Waals surface area contributed by atoms with Gasteiger partial charge in [-0.05, 0) is 31.7 Å². The van der Waals surface area contributed by atoms with Gasteiger partial charge in [-0.2, -0.15) is 8.78 Å². The standard InChI is InChI=1S/C23H25F2NO7/c1-10(2)26-17-13-9-14(18(17)32-11(3)27)16(15(13)20(26)28)21(29)33-19(23(24,25)22(30)31)12-7-5-4-6-8-12/h4-8,10,13-19H,9H2,1-3H3,(H,30,31). The number of fused-ring (bicyclic) bond motifs is 1. The maximum atomic E-state index is 14.6. The van der Waals surface area contributed by atoms with Gasteiger partial charge in [-0.3, -0.25) is 14.4 Å². The van der Waals surface area contributed by atoms with Crippen LogP contribution in [0.25, 0.3) is 0 Å². The molecule has 8 nitrogen and oxygen atoms in total. The van der Waals surface area contributed by atoms with Crippen molar-refractivity contribution < 1.29 is 42.5 Å². The summed E-state index contributed by atoms with van der Waals surface area (Å²) in [5, 5.41) is 9.08. The van der Waals surface area contributed by atoms with Crippen molar-refractivity contribution in [2.75, 3.05) is 0 Å². The second-order valence-corrected chi connectivity index (χ2v) is 9.17. The first-order valence-corrected chi connectivity index (χ1v) is 10.8. The lowest BCUT2D eigenvalue weighted by Gasteiger charge is -2.35. The summed E-state index contributed by atoms with van der Waals surface area (Å²) in [6.07, 6.45) is -2.72. The average Bonchev–Trinajstić information content (AvgIpc) is 3.34. The summed E-state index contributed by atoms with van der Waals surface area (Å²) in [6, 6.07) is 6.30. The Morgan fingerprint density at radius 1 is 1.15 bits per heavy atom. The van der Waals surface area contributed by atoms with E-state index in [1.807, 2.05) is 13.8 Å². The number of carbonyl (C=O) groups is 4. The van der Waals surface area contributed by atoms with Crippen LogP contribution in [0.4, 0.5) is 8.78 Å². The fraction of sp³-hybridized carbons (Fsp3) is 0.565. The van der Waals surface area contributed by atoms with Gasteiger partial charge in [-0.15, -0.1) is 0 Å². The number of amides is 1. The molecule has 0 spiro atoms. The third-order valence-corrected chi connectivity index (χ3v) is 6.99. The molecule has 1 N–H and O–H groups in total. The van der Waals surface area contributed by atoms with Crippen LogP contribution in [0.15, 0.2) is 30.3 Å². The number of halogens is 2. The first-order valence-electron chi connectivity index (χ1n) is 10.8. The van der Waals surface area contributed by atoms with Crippen LogP contribution < -0.4 is 0 Å². The molecule has 2 saturated carbocycles.